The standard InChI is InChI=1S/C36H44N4O4/c1-28(10-9-15-33(42)38(24-25-41)26-29-11-5-3-6-12-29)34(44-2)30-16-18-31(19-17-30)39-27-40(32-13-7-4-8-14-32)36(35(39)43)20-22-37-23-21-36/h3-14,16-19,28,34,37,41H,15,20-27H2,1-2H3/b10-9+/t28-,34+/m0/s1. The van der Waals surface area contributed by atoms with E-state index in [4.69, 9.17) is 4.74 Å². The first kappa shape index (κ1) is 31.4. The van der Waals surface area contributed by atoms with Gasteiger partial charge in [0, 0.05) is 43.9 Å². The first-order valence-corrected chi connectivity index (χ1v) is 15.5. The molecule has 2 fully saturated rings. The van der Waals surface area contributed by atoms with Gasteiger partial charge in [-0.2, -0.15) is 0 Å². The number of rotatable bonds is 12. The molecule has 0 saturated carbocycles. The number of anilines is 2. The molecule has 2 heterocycles. The second-order valence-electron chi connectivity index (χ2n) is 11.7. The van der Waals surface area contributed by atoms with Crippen LogP contribution in [0, 0.1) is 5.92 Å². The van der Waals surface area contributed by atoms with Gasteiger partial charge in [-0.25, -0.2) is 0 Å². The lowest BCUT2D eigenvalue weighted by Gasteiger charge is -2.39. The summed E-state index contributed by atoms with van der Waals surface area (Å²) in [4.78, 5) is 32.8. The van der Waals surface area contributed by atoms with Crippen LogP contribution in [0.2, 0.25) is 0 Å². The minimum atomic E-state index is -0.537. The molecule has 2 saturated heterocycles. The maximum Gasteiger partial charge on any atom is 0.254 e. The highest BCUT2D eigenvalue weighted by atomic mass is 16.5. The van der Waals surface area contributed by atoms with E-state index in [0.717, 1.165) is 48.4 Å². The second-order valence-corrected chi connectivity index (χ2v) is 11.7. The predicted octanol–water partition coefficient (Wildman–Crippen LogP) is 4.91. The third-order valence-electron chi connectivity index (χ3n) is 8.88. The molecular formula is C36H44N4O4. The molecule has 2 aliphatic rings. The molecule has 1 spiro atoms. The number of carbonyl (C=O) groups is 2. The number of hydrogen-bond donors (Lipinski definition) is 2. The Morgan fingerprint density at radius 1 is 1.00 bits per heavy atom. The summed E-state index contributed by atoms with van der Waals surface area (Å²) in [5.74, 6) is 0.137. The molecule has 232 valence electrons. The number of aliphatic hydroxyl groups excluding tert-OH is 1. The highest BCUT2D eigenvalue weighted by Gasteiger charge is 2.53. The summed E-state index contributed by atoms with van der Waals surface area (Å²) in [7, 11) is 1.69. The van der Waals surface area contributed by atoms with Gasteiger partial charge in [-0.05, 0) is 61.3 Å². The number of aliphatic hydroxyl groups is 1. The minimum absolute atomic E-state index is 0.0130. The van der Waals surface area contributed by atoms with Crippen molar-refractivity contribution in [1.29, 1.82) is 0 Å². The lowest BCUT2D eigenvalue weighted by molar-refractivity contribution is -0.131. The zero-order valence-electron chi connectivity index (χ0n) is 25.8. The van der Waals surface area contributed by atoms with Gasteiger partial charge in [0.2, 0.25) is 5.91 Å². The fraction of sp³-hybridized carbons (Fsp3) is 0.389. The molecule has 3 aromatic carbocycles. The number of methoxy groups -OCH3 is 1. The van der Waals surface area contributed by atoms with Crippen LogP contribution in [-0.2, 0) is 20.9 Å². The van der Waals surface area contributed by atoms with Crippen molar-refractivity contribution in [2.24, 2.45) is 5.92 Å². The third-order valence-corrected chi connectivity index (χ3v) is 8.88. The minimum Gasteiger partial charge on any atom is -0.395 e. The number of amides is 2. The lowest BCUT2D eigenvalue weighted by Crippen LogP contribution is -2.55. The molecule has 5 rings (SSSR count). The average Bonchev–Trinajstić information content (AvgIpc) is 3.33. The summed E-state index contributed by atoms with van der Waals surface area (Å²) in [5, 5.41) is 12.9. The Morgan fingerprint density at radius 2 is 1.66 bits per heavy atom. The predicted molar refractivity (Wildman–Crippen MR) is 174 cm³/mol. The van der Waals surface area contributed by atoms with Crippen molar-refractivity contribution in [3.8, 4) is 0 Å². The molecule has 2 aliphatic heterocycles. The topological polar surface area (TPSA) is 85.4 Å². The Labute approximate surface area is 260 Å². The molecule has 8 nitrogen and oxygen atoms in total. The van der Waals surface area contributed by atoms with Gasteiger partial charge >= 0.3 is 0 Å². The highest BCUT2D eigenvalue weighted by molar-refractivity contribution is 6.06. The lowest BCUT2D eigenvalue weighted by atomic mass is 9.86. The van der Waals surface area contributed by atoms with E-state index in [0.29, 0.717) is 19.8 Å². The van der Waals surface area contributed by atoms with Crippen molar-refractivity contribution in [2.45, 2.75) is 44.4 Å². The zero-order chi connectivity index (χ0) is 30.9. The summed E-state index contributed by atoms with van der Waals surface area (Å²) in [6.45, 7) is 4.91. The number of hydrogen-bond acceptors (Lipinski definition) is 6. The Morgan fingerprint density at radius 3 is 2.30 bits per heavy atom. The SMILES string of the molecule is CO[C@@H](c1ccc(N2CN(c3ccccc3)C3(CCNCC3)C2=O)cc1)[C@@H](C)/C=C/CC(=O)N(CCO)Cc1ccccc1. The number of benzene rings is 3. The van der Waals surface area contributed by atoms with E-state index in [9.17, 15) is 14.7 Å². The summed E-state index contributed by atoms with van der Waals surface area (Å²) in [6, 6.07) is 28.1. The van der Waals surface area contributed by atoms with Crippen LogP contribution >= 0.6 is 0 Å². The van der Waals surface area contributed by atoms with Crippen LogP contribution in [0.15, 0.2) is 97.1 Å². The third kappa shape index (κ3) is 6.88. The monoisotopic (exact) mass is 596 g/mol. The molecule has 44 heavy (non-hydrogen) atoms. The van der Waals surface area contributed by atoms with E-state index in [1.807, 2.05) is 89.8 Å². The van der Waals surface area contributed by atoms with E-state index in [2.05, 4.69) is 29.3 Å². The number of para-hydroxylation sites is 1. The molecule has 2 atom stereocenters. The normalized spacial score (nSPS) is 17.8. The molecule has 0 aromatic heterocycles. The molecule has 3 aromatic rings. The van der Waals surface area contributed by atoms with Gasteiger partial charge in [0.1, 0.15) is 5.54 Å². The van der Waals surface area contributed by atoms with Crippen LogP contribution in [0.5, 0.6) is 0 Å². The Hall–Kier alpha value is -3.98. The fourth-order valence-electron chi connectivity index (χ4n) is 6.50. The number of carbonyl (C=O) groups excluding carboxylic acids is 2. The van der Waals surface area contributed by atoms with Gasteiger partial charge in [-0.3, -0.25) is 14.5 Å². The molecule has 2 amide bonds. The maximum absolute atomic E-state index is 14.0. The molecule has 8 heteroatoms. The first-order chi connectivity index (χ1) is 21.5. The molecular weight excluding hydrogens is 552 g/mol. The van der Waals surface area contributed by atoms with Crippen LogP contribution in [0.3, 0.4) is 0 Å². The van der Waals surface area contributed by atoms with Crippen molar-refractivity contribution in [1.82, 2.24) is 10.2 Å². The van der Waals surface area contributed by atoms with Crippen LogP contribution in [0.25, 0.3) is 0 Å². The van der Waals surface area contributed by atoms with Crippen LogP contribution in [-0.4, -0.2) is 67.4 Å². The number of nitrogens with one attached hydrogen (secondary N) is 1. The largest absolute Gasteiger partial charge is 0.395 e. The maximum atomic E-state index is 14.0. The van der Waals surface area contributed by atoms with Crippen molar-refractivity contribution < 1.29 is 19.4 Å². The number of piperidine rings is 1. The smallest absolute Gasteiger partial charge is 0.254 e. The van der Waals surface area contributed by atoms with E-state index < -0.39 is 5.54 Å². The molecule has 0 bridgehead atoms. The summed E-state index contributed by atoms with van der Waals surface area (Å²) >= 11 is 0. The molecule has 2 N–H and O–H groups in total. The second kappa shape index (κ2) is 14.7. The quantitative estimate of drug-likeness (QED) is 0.289. The van der Waals surface area contributed by atoms with E-state index in [1.54, 1.807) is 12.0 Å². The number of ether oxygens (including phenoxy) is 1. The summed E-state index contributed by atoms with van der Waals surface area (Å²) in [5.41, 5.74) is 3.45. The average molecular weight is 597 g/mol. The van der Waals surface area contributed by atoms with Gasteiger partial charge in [0.15, 0.2) is 0 Å². The zero-order valence-corrected chi connectivity index (χ0v) is 25.8. The van der Waals surface area contributed by atoms with Crippen molar-refractivity contribution >= 4 is 23.2 Å². The van der Waals surface area contributed by atoms with Crippen LogP contribution in [0.4, 0.5) is 11.4 Å². The molecule has 0 radical (unpaired) electrons. The van der Waals surface area contributed by atoms with Gasteiger partial charge in [0.05, 0.1) is 19.4 Å². The van der Waals surface area contributed by atoms with Crippen molar-refractivity contribution in [3.05, 3.63) is 108 Å². The van der Waals surface area contributed by atoms with Crippen LogP contribution in [0.1, 0.15) is 43.4 Å². The summed E-state index contributed by atoms with van der Waals surface area (Å²) < 4.78 is 5.90. The van der Waals surface area contributed by atoms with Gasteiger partial charge in [-0.1, -0.05) is 79.7 Å². The van der Waals surface area contributed by atoms with Gasteiger partial charge in [-0.15, -0.1) is 0 Å². The Bertz CT molecular complexity index is 1390. The van der Waals surface area contributed by atoms with E-state index in [-0.39, 0.29) is 36.9 Å². The van der Waals surface area contributed by atoms with Crippen molar-refractivity contribution in [3.63, 3.8) is 0 Å². The highest BCUT2D eigenvalue weighted by Crippen LogP contribution is 2.40. The Balaban J connectivity index is 1.25. The van der Waals surface area contributed by atoms with Gasteiger partial charge in [0.25, 0.3) is 5.91 Å². The van der Waals surface area contributed by atoms with E-state index in [1.165, 1.54) is 0 Å². The molecule has 0 aliphatic carbocycles. The number of nitrogens with zero attached hydrogens (tertiary/aromatic N) is 3. The van der Waals surface area contributed by atoms with Crippen molar-refractivity contribution in [2.75, 3.05) is 49.8 Å². The fourth-order valence-corrected chi connectivity index (χ4v) is 6.50. The first-order valence-electron chi connectivity index (χ1n) is 15.5. The summed E-state index contributed by atoms with van der Waals surface area (Å²) in [6.07, 6.45) is 5.50. The molecule has 0 unspecified atom stereocenters. The Kier molecular flexibility index (Phi) is 10.5. The van der Waals surface area contributed by atoms with E-state index >= 15 is 0 Å². The van der Waals surface area contributed by atoms with Crippen LogP contribution < -0.4 is 15.1 Å². The van der Waals surface area contributed by atoms with Gasteiger partial charge < -0.3 is 25.0 Å².